The van der Waals surface area contributed by atoms with Crippen LogP contribution < -0.4 is 10.6 Å². The van der Waals surface area contributed by atoms with Crippen molar-refractivity contribution in [2.75, 3.05) is 10.6 Å². The molecule has 1 atom stereocenters. The molecule has 1 aliphatic rings. The molecule has 3 aromatic rings. The predicted octanol–water partition coefficient (Wildman–Crippen LogP) is 2.82. The SMILES string of the molecule is CC1=C(C(=O)Nc2ccc(C)cc2)[C@H](c2cccc([N+](=O)[O-])c2)n2nnnc2N1. The zero-order valence-electron chi connectivity index (χ0n) is 15.7. The largest absolute Gasteiger partial charge is 0.326 e. The van der Waals surface area contributed by atoms with E-state index in [4.69, 9.17) is 0 Å². The number of tetrazole rings is 1. The number of carbonyl (C=O) groups excluding carboxylic acids is 1. The van der Waals surface area contributed by atoms with Gasteiger partial charge in [0.1, 0.15) is 6.04 Å². The highest BCUT2D eigenvalue weighted by Crippen LogP contribution is 2.35. The summed E-state index contributed by atoms with van der Waals surface area (Å²) in [4.78, 5) is 23.9. The minimum Gasteiger partial charge on any atom is -0.326 e. The number of amides is 1. The summed E-state index contributed by atoms with van der Waals surface area (Å²) in [5, 5.41) is 28.7. The van der Waals surface area contributed by atoms with Crippen LogP contribution in [0, 0.1) is 17.0 Å². The summed E-state index contributed by atoms with van der Waals surface area (Å²) < 4.78 is 1.44. The Morgan fingerprint density at radius 1 is 1.21 bits per heavy atom. The van der Waals surface area contributed by atoms with E-state index >= 15 is 0 Å². The van der Waals surface area contributed by atoms with Crippen LogP contribution in [0.25, 0.3) is 0 Å². The molecule has 2 heterocycles. The Kier molecular flexibility index (Phi) is 4.51. The molecule has 146 valence electrons. The van der Waals surface area contributed by atoms with Gasteiger partial charge >= 0.3 is 0 Å². The van der Waals surface area contributed by atoms with E-state index in [1.807, 2.05) is 31.2 Å². The van der Waals surface area contributed by atoms with Gasteiger partial charge in [0.15, 0.2) is 0 Å². The number of aryl methyl sites for hydroxylation is 1. The molecular weight excluding hydrogens is 374 g/mol. The molecule has 2 N–H and O–H groups in total. The van der Waals surface area contributed by atoms with Gasteiger partial charge in [-0.25, -0.2) is 0 Å². The van der Waals surface area contributed by atoms with E-state index in [1.54, 1.807) is 19.1 Å². The van der Waals surface area contributed by atoms with Crippen molar-refractivity contribution in [2.45, 2.75) is 19.9 Å². The zero-order chi connectivity index (χ0) is 20.5. The first-order valence-corrected chi connectivity index (χ1v) is 8.82. The van der Waals surface area contributed by atoms with E-state index in [-0.39, 0.29) is 11.6 Å². The Morgan fingerprint density at radius 3 is 2.69 bits per heavy atom. The minimum absolute atomic E-state index is 0.0772. The first-order chi connectivity index (χ1) is 13.9. The Hall–Kier alpha value is -4.08. The normalized spacial score (nSPS) is 15.4. The van der Waals surface area contributed by atoms with Gasteiger partial charge in [0.25, 0.3) is 11.6 Å². The lowest BCUT2D eigenvalue weighted by Crippen LogP contribution is -2.31. The standard InChI is InChI=1S/C19H17N7O3/c1-11-6-8-14(9-7-11)21-18(27)16-12(2)20-19-22-23-24-25(19)17(16)13-4-3-5-15(10-13)26(28)29/h3-10,17H,1-2H3,(H,21,27)(H,20,22,24)/t17-/m0/s1. The lowest BCUT2D eigenvalue weighted by molar-refractivity contribution is -0.384. The molecular formula is C19H17N7O3. The van der Waals surface area contributed by atoms with Crippen LogP contribution in [0.3, 0.4) is 0 Å². The number of nitro benzene ring substituents is 1. The second-order valence-electron chi connectivity index (χ2n) is 6.69. The monoisotopic (exact) mass is 391 g/mol. The molecule has 0 fully saturated rings. The van der Waals surface area contributed by atoms with Crippen molar-refractivity contribution in [2.24, 2.45) is 0 Å². The second kappa shape index (κ2) is 7.15. The third kappa shape index (κ3) is 3.43. The summed E-state index contributed by atoms with van der Waals surface area (Å²) >= 11 is 0. The van der Waals surface area contributed by atoms with Crippen LogP contribution in [0.1, 0.15) is 24.1 Å². The van der Waals surface area contributed by atoms with E-state index < -0.39 is 11.0 Å². The van der Waals surface area contributed by atoms with Crippen molar-refractivity contribution in [1.82, 2.24) is 20.2 Å². The highest BCUT2D eigenvalue weighted by atomic mass is 16.6. The average molecular weight is 391 g/mol. The third-order valence-corrected chi connectivity index (χ3v) is 4.66. The van der Waals surface area contributed by atoms with E-state index in [1.165, 1.54) is 16.8 Å². The van der Waals surface area contributed by atoms with Gasteiger partial charge in [0.05, 0.1) is 10.5 Å². The van der Waals surface area contributed by atoms with Gasteiger partial charge < -0.3 is 10.6 Å². The van der Waals surface area contributed by atoms with Gasteiger partial charge in [-0.05, 0) is 42.0 Å². The molecule has 2 aromatic carbocycles. The molecule has 10 nitrogen and oxygen atoms in total. The van der Waals surface area contributed by atoms with Crippen LogP contribution in [-0.2, 0) is 4.79 Å². The number of aromatic nitrogens is 4. The summed E-state index contributed by atoms with van der Waals surface area (Å²) in [5.41, 5.74) is 3.10. The maximum atomic E-state index is 13.2. The minimum atomic E-state index is -0.716. The molecule has 0 saturated heterocycles. The number of nitrogens with zero attached hydrogens (tertiary/aromatic N) is 5. The van der Waals surface area contributed by atoms with Crippen LogP contribution in [0.5, 0.6) is 0 Å². The van der Waals surface area contributed by atoms with Crippen LogP contribution in [0.4, 0.5) is 17.3 Å². The predicted molar refractivity (Wildman–Crippen MR) is 105 cm³/mol. The molecule has 1 aliphatic heterocycles. The fraction of sp³-hybridized carbons (Fsp3) is 0.158. The molecule has 4 rings (SSSR count). The summed E-state index contributed by atoms with van der Waals surface area (Å²) in [6.07, 6.45) is 0. The molecule has 29 heavy (non-hydrogen) atoms. The molecule has 1 aromatic heterocycles. The summed E-state index contributed by atoms with van der Waals surface area (Å²) in [6.45, 7) is 3.70. The van der Waals surface area contributed by atoms with Crippen LogP contribution >= 0.6 is 0 Å². The molecule has 0 unspecified atom stereocenters. The van der Waals surface area contributed by atoms with Crippen LogP contribution in [0.15, 0.2) is 59.8 Å². The molecule has 0 aliphatic carbocycles. The number of allylic oxidation sites excluding steroid dienone is 1. The van der Waals surface area contributed by atoms with Crippen molar-refractivity contribution in [1.29, 1.82) is 0 Å². The number of rotatable bonds is 4. The first kappa shape index (κ1) is 18.3. The van der Waals surface area contributed by atoms with Crippen molar-refractivity contribution >= 4 is 23.2 Å². The third-order valence-electron chi connectivity index (χ3n) is 4.66. The number of benzene rings is 2. The maximum Gasteiger partial charge on any atom is 0.269 e. The van der Waals surface area contributed by atoms with Crippen molar-refractivity contribution < 1.29 is 9.72 Å². The molecule has 0 spiro atoms. The lowest BCUT2D eigenvalue weighted by atomic mass is 9.94. The van der Waals surface area contributed by atoms with Gasteiger partial charge in [-0.1, -0.05) is 34.9 Å². The van der Waals surface area contributed by atoms with Gasteiger partial charge in [0.2, 0.25) is 5.95 Å². The van der Waals surface area contributed by atoms with E-state index in [2.05, 4.69) is 26.2 Å². The summed E-state index contributed by atoms with van der Waals surface area (Å²) in [5.74, 6) is 0.00222. The Labute approximate surface area is 165 Å². The number of anilines is 2. The van der Waals surface area contributed by atoms with Crippen LogP contribution in [0.2, 0.25) is 0 Å². The summed E-state index contributed by atoms with van der Waals surface area (Å²) in [6, 6.07) is 12.8. The Balaban J connectivity index is 1.77. The highest BCUT2D eigenvalue weighted by molar-refractivity contribution is 6.06. The molecule has 0 bridgehead atoms. The van der Waals surface area contributed by atoms with E-state index in [0.717, 1.165) is 5.56 Å². The van der Waals surface area contributed by atoms with Crippen molar-refractivity contribution in [3.05, 3.63) is 81.0 Å². The number of carbonyl (C=O) groups is 1. The second-order valence-corrected chi connectivity index (χ2v) is 6.69. The topological polar surface area (TPSA) is 128 Å². The van der Waals surface area contributed by atoms with Gasteiger partial charge in [0, 0.05) is 23.5 Å². The first-order valence-electron chi connectivity index (χ1n) is 8.82. The molecule has 10 heteroatoms. The molecule has 1 amide bonds. The highest BCUT2D eigenvalue weighted by Gasteiger charge is 2.34. The Morgan fingerprint density at radius 2 is 1.97 bits per heavy atom. The zero-order valence-corrected chi connectivity index (χ0v) is 15.7. The maximum absolute atomic E-state index is 13.2. The van der Waals surface area contributed by atoms with Crippen LogP contribution in [-0.4, -0.2) is 31.0 Å². The van der Waals surface area contributed by atoms with E-state index in [0.29, 0.717) is 28.5 Å². The fourth-order valence-electron chi connectivity index (χ4n) is 3.26. The lowest BCUT2D eigenvalue weighted by Gasteiger charge is -2.27. The number of nitro groups is 1. The van der Waals surface area contributed by atoms with Gasteiger partial charge in [-0.3, -0.25) is 14.9 Å². The smallest absolute Gasteiger partial charge is 0.269 e. The number of nitrogens with one attached hydrogen (secondary N) is 2. The van der Waals surface area contributed by atoms with E-state index in [9.17, 15) is 14.9 Å². The number of hydrogen-bond donors (Lipinski definition) is 2. The molecule has 0 radical (unpaired) electrons. The van der Waals surface area contributed by atoms with Crippen molar-refractivity contribution in [3.8, 4) is 0 Å². The summed E-state index contributed by atoms with van der Waals surface area (Å²) in [7, 11) is 0. The average Bonchev–Trinajstić information content (AvgIpc) is 3.16. The quantitative estimate of drug-likeness (QED) is 0.517. The number of hydrogen-bond acceptors (Lipinski definition) is 7. The number of fused-ring (bicyclic) bond motifs is 1. The van der Waals surface area contributed by atoms with Gasteiger partial charge in [-0.2, -0.15) is 4.68 Å². The van der Waals surface area contributed by atoms with Gasteiger partial charge in [-0.15, -0.1) is 0 Å². The number of non-ortho nitro benzene ring substituents is 1. The fourth-order valence-corrected chi connectivity index (χ4v) is 3.26. The van der Waals surface area contributed by atoms with Crippen molar-refractivity contribution in [3.63, 3.8) is 0 Å². The molecule has 0 saturated carbocycles. The Bertz CT molecular complexity index is 1130.